The summed E-state index contributed by atoms with van der Waals surface area (Å²) in [6.07, 6.45) is 6.90. The fourth-order valence-electron chi connectivity index (χ4n) is 8.67. The second-order valence-electron chi connectivity index (χ2n) is 12.5. The van der Waals surface area contributed by atoms with E-state index in [1.54, 1.807) is 29.2 Å². The Hall–Kier alpha value is -3.48. The molecule has 0 saturated heterocycles. The van der Waals surface area contributed by atoms with Gasteiger partial charge >= 0.3 is 5.97 Å². The SMILES string of the molecule is CC(=O)N1[C@H](CC23CC4CC(CC(C4)C2)C3)C(=O)N(Cc2ccccc2)c2ccccc2C(=O)C[C@H]1C(=O)O. The minimum Gasteiger partial charge on any atom is -0.480 e. The average Bonchev–Trinajstić information content (AvgIpc) is 2.92. The molecule has 0 aromatic heterocycles. The lowest BCUT2D eigenvalue weighted by Crippen LogP contribution is -2.59. The van der Waals surface area contributed by atoms with Crippen LogP contribution in [-0.2, 0) is 20.9 Å². The van der Waals surface area contributed by atoms with Gasteiger partial charge in [0.05, 0.1) is 12.2 Å². The quantitative estimate of drug-likeness (QED) is 0.584. The van der Waals surface area contributed by atoms with Crippen molar-refractivity contribution >= 4 is 29.3 Å². The summed E-state index contributed by atoms with van der Waals surface area (Å²) >= 11 is 0. The first-order valence-electron chi connectivity index (χ1n) is 14.2. The lowest BCUT2D eigenvalue weighted by Gasteiger charge is -2.58. The molecule has 1 N–H and O–H groups in total. The van der Waals surface area contributed by atoms with Crippen molar-refractivity contribution in [2.45, 2.75) is 76.9 Å². The zero-order valence-corrected chi connectivity index (χ0v) is 22.4. The molecule has 7 nitrogen and oxygen atoms in total. The van der Waals surface area contributed by atoms with E-state index in [1.807, 2.05) is 30.3 Å². The number of fused-ring (bicyclic) bond motifs is 1. The van der Waals surface area contributed by atoms with Crippen LogP contribution >= 0.6 is 0 Å². The summed E-state index contributed by atoms with van der Waals surface area (Å²) in [5.41, 5.74) is 1.60. The third-order valence-corrected chi connectivity index (χ3v) is 9.72. The molecule has 4 aliphatic carbocycles. The van der Waals surface area contributed by atoms with Crippen molar-refractivity contribution in [2.75, 3.05) is 4.90 Å². The summed E-state index contributed by atoms with van der Waals surface area (Å²) in [7, 11) is 0. The molecule has 4 bridgehead atoms. The van der Waals surface area contributed by atoms with Crippen LogP contribution in [0.3, 0.4) is 0 Å². The molecule has 2 atom stereocenters. The number of carboxylic acid groups (broad SMARTS) is 1. The van der Waals surface area contributed by atoms with Crippen LogP contribution in [0.2, 0.25) is 0 Å². The number of carbonyl (C=O) groups excluding carboxylic acids is 3. The number of hydrogen-bond acceptors (Lipinski definition) is 4. The highest BCUT2D eigenvalue weighted by Gasteiger charge is 2.54. The molecule has 2 amide bonds. The van der Waals surface area contributed by atoms with Gasteiger partial charge in [-0.1, -0.05) is 42.5 Å². The van der Waals surface area contributed by atoms with Crippen LogP contribution in [0.5, 0.6) is 0 Å². The molecule has 0 unspecified atom stereocenters. The second-order valence-corrected chi connectivity index (χ2v) is 12.5. The Morgan fingerprint density at radius 1 is 0.897 bits per heavy atom. The normalized spacial score (nSPS) is 31.9. The molecule has 39 heavy (non-hydrogen) atoms. The standard InChI is InChI=1S/C32H36N2O5/c1-20(35)34-27(31(38)39)14-29(36)25-9-5-6-10-26(25)33(19-21-7-3-2-4-8-21)30(37)28(34)18-32-15-22-11-23(16-32)13-24(12-22)17-32/h2-10,22-24,27-28H,11-19H2,1H3,(H,38,39)/t22?,23?,24?,27-,28+,32?/m0/s1. The van der Waals surface area contributed by atoms with Gasteiger partial charge in [-0.2, -0.15) is 0 Å². The highest BCUT2D eigenvalue weighted by molar-refractivity contribution is 6.10. The van der Waals surface area contributed by atoms with Crippen molar-refractivity contribution < 1.29 is 24.3 Å². The fourth-order valence-corrected chi connectivity index (χ4v) is 8.67. The number of benzene rings is 2. The molecule has 4 fully saturated rings. The third kappa shape index (κ3) is 4.77. The van der Waals surface area contributed by atoms with E-state index in [-0.39, 0.29) is 30.1 Å². The maximum Gasteiger partial charge on any atom is 0.326 e. The van der Waals surface area contributed by atoms with E-state index in [9.17, 15) is 24.3 Å². The van der Waals surface area contributed by atoms with Crippen molar-refractivity contribution in [3.63, 3.8) is 0 Å². The zero-order valence-electron chi connectivity index (χ0n) is 22.4. The Kier molecular flexibility index (Phi) is 6.56. The van der Waals surface area contributed by atoms with Crippen LogP contribution in [0.1, 0.15) is 74.2 Å². The van der Waals surface area contributed by atoms with Crippen LogP contribution in [0.15, 0.2) is 54.6 Å². The average molecular weight is 529 g/mol. The van der Waals surface area contributed by atoms with Crippen molar-refractivity contribution in [3.8, 4) is 0 Å². The molecule has 7 heteroatoms. The predicted octanol–water partition coefficient (Wildman–Crippen LogP) is 5.08. The number of anilines is 1. The molecule has 0 spiro atoms. The van der Waals surface area contributed by atoms with Gasteiger partial charge in [-0.15, -0.1) is 0 Å². The Bertz CT molecular complexity index is 1270. The molecule has 1 heterocycles. The molecule has 0 radical (unpaired) electrons. The number of Topliss-reactive ketones (excluding diaryl/α,β-unsaturated/α-hetero) is 1. The molecule has 7 rings (SSSR count). The maximum absolute atomic E-state index is 14.8. The van der Waals surface area contributed by atoms with Gasteiger partial charge in [0, 0.05) is 18.9 Å². The van der Waals surface area contributed by atoms with E-state index in [1.165, 1.54) is 31.1 Å². The first-order valence-corrected chi connectivity index (χ1v) is 14.2. The van der Waals surface area contributed by atoms with Gasteiger partial charge in [0.2, 0.25) is 11.8 Å². The number of ketones is 1. The number of amides is 2. The van der Waals surface area contributed by atoms with Gasteiger partial charge in [0.15, 0.2) is 5.78 Å². The van der Waals surface area contributed by atoms with E-state index in [0.717, 1.165) is 24.8 Å². The van der Waals surface area contributed by atoms with Crippen molar-refractivity contribution in [2.24, 2.45) is 23.2 Å². The van der Waals surface area contributed by atoms with Gasteiger partial charge in [-0.25, -0.2) is 4.79 Å². The minimum absolute atomic E-state index is 0.0815. The predicted molar refractivity (Wildman–Crippen MR) is 146 cm³/mol. The van der Waals surface area contributed by atoms with Crippen LogP contribution in [0.25, 0.3) is 0 Å². The summed E-state index contributed by atoms with van der Waals surface area (Å²) in [5.74, 6) is -0.493. The monoisotopic (exact) mass is 528 g/mol. The number of nitrogens with zero attached hydrogens (tertiary/aromatic N) is 2. The first kappa shape index (κ1) is 25.8. The number of aliphatic carboxylic acids is 1. The van der Waals surface area contributed by atoms with E-state index < -0.39 is 24.0 Å². The third-order valence-electron chi connectivity index (χ3n) is 9.72. The molecule has 204 valence electrons. The van der Waals surface area contributed by atoms with Crippen LogP contribution in [0, 0.1) is 23.2 Å². The first-order chi connectivity index (χ1) is 18.7. The summed E-state index contributed by atoms with van der Waals surface area (Å²) in [6.45, 7) is 1.55. The topological polar surface area (TPSA) is 95.0 Å². The Balaban J connectivity index is 1.48. The van der Waals surface area contributed by atoms with Crippen molar-refractivity contribution in [1.29, 1.82) is 0 Å². The molecule has 1 aliphatic heterocycles. The Morgan fingerprint density at radius 3 is 2.08 bits per heavy atom. The van der Waals surface area contributed by atoms with Crippen molar-refractivity contribution in [3.05, 3.63) is 65.7 Å². The van der Waals surface area contributed by atoms with Crippen LogP contribution < -0.4 is 4.90 Å². The van der Waals surface area contributed by atoms with Gasteiger partial charge in [-0.05, 0) is 85.8 Å². The number of carbonyl (C=O) groups is 4. The highest BCUT2D eigenvalue weighted by Crippen LogP contribution is 2.62. The van der Waals surface area contributed by atoms with Crippen molar-refractivity contribution in [1.82, 2.24) is 4.90 Å². The van der Waals surface area contributed by atoms with E-state index in [4.69, 9.17) is 0 Å². The Labute approximate surface area is 229 Å². The summed E-state index contributed by atoms with van der Waals surface area (Å²) in [5, 5.41) is 10.3. The molecule has 4 saturated carbocycles. The number of para-hydroxylation sites is 1. The number of carboxylic acids is 1. The van der Waals surface area contributed by atoms with Crippen LogP contribution in [-0.4, -0.2) is 45.7 Å². The minimum atomic E-state index is -1.40. The smallest absolute Gasteiger partial charge is 0.326 e. The molecular formula is C32H36N2O5. The molecule has 2 aromatic rings. The second kappa shape index (κ2) is 9.92. The van der Waals surface area contributed by atoms with Gasteiger partial charge in [-0.3, -0.25) is 14.4 Å². The fraction of sp³-hybridized carbons (Fsp3) is 0.500. The molecular weight excluding hydrogens is 492 g/mol. The largest absolute Gasteiger partial charge is 0.480 e. The van der Waals surface area contributed by atoms with Gasteiger partial charge in [0.1, 0.15) is 12.1 Å². The van der Waals surface area contributed by atoms with Gasteiger partial charge in [0.25, 0.3) is 0 Å². The summed E-state index contributed by atoms with van der Waals surface area (Å²) in [6, 6.07) is 14.2. The number of rotatable bonds is 5. The van der Waals surface area contributed by atoms with E-state index in [0.29, 0.717) is 35.4 Å². The number of hydrogen-bond donors (Lipinski definition) is 1. The summed E-state index contributed by atoms with van der Waals surface area (Å²) in [4.78, 5) is 57.1. The van der Waals surface area contributed by atoms with E-state index >= 15 is 0 Å². The zero-order chi connectivity index (χ0) is 27.3. The lowest BCUT2D eigenvalue weighted by atomic mass is 9.48. The van der Waals surface area contributed by atoms with Gasteiger partial charge < -0.3 is 14.9 Å². The summed E-state index contributed by atoms with van der Waals surface area (Å²) < 4.78 is 0. The molecule has 5 aliphatic rings. The molecule has 2 aromatic carbocycles. The highest BCUT2D eigenvalue weighted by atomic mass is 16.4. The van der Waals surface area contributed by atoms with Crippen LogP contribution in [0.4, 0.5) is 5.69 Å². The lowest BCUT2D eigenvalue weighted by molar-refractivity contribution is -0.156. The maximum atomic E-state index is 14.8. The van der Waals surface area contributed by atoms with E-state index in [2.05, 4.69) is 0 Å². The Morgan fingerprint density at radius 2 is 1.49 bits per heavy atom.